The quantitative estimate of drug-likeness (QED) is 0.807. The summed E-state index contributed by atoms with van der Waals surface area (Å²) in [7, 11) is 0. The van der Waals surface area contributed by atoms with E-state index in [1.165, 1.54) is 12.1 Å². The second-order valence-electron chi connectivity index (χ2n) is 8.73. The highest BCUT2D eigenvalue weighted by Gasteiger charge is 2.30. The minimum absolute atomic E-state index is 0.0319. The van der Waals surface area contributed by atoms with Crippen molar-refractivity contribution in [3.05, 3.63) is 41.3 Å². The normalized spacial score (nSPS) is 23.3. The Morgan fingerprint density at radius 3 is 2.48 bits per heavy atom. The predicted molar refractivity (Wildman–Crippen MR) is 115 cm³/mol. The fourth-order valence-electron chi connectivity index (χ4n) is 4.78. The predicted octanol–water partition coefficient (Wildman–Crippen LogP) is 2.29. The van der Waals surface area contributed by atoms with Crippen molar-refractivity contribution in [2.75, 3.05) is 32.7 Å². The average molecular weight is 429 g/mol. The molecule has 3 heterocycles. The summed E-state index contributed by atoms with van der Waals surface area (Å²) in [6, 6.07) is 5.95. The molecule has 2 fully saturated rings. The van der Waals surface area contributed by atoms with Crippen LogP contribution in [-0.4, -0.2) is 71.5 Å². The van der Waals surface area contributed by atoms with Crippen molar-refractivity contribution >= 4 is 22.7 Å². The number of halogens is 1. The van der Waals surface area contributed by atoms with Crippen LogP contribution in [0, 0.1) is 5.82 Å². The Bertz CT molecular complexity index is 980. The van der Waals surface area contributed by atoms with Crippen molar-refractivity contribution < 1.29 is 18.7 Å². The minimum atomic E-state index is -0.567. The number of piperidine rings is 1. The number of benzene rings is 1. The summed E-state index contributed by atoms with van der Waals surface area (Å²) in [5, 5.41) is 0.555. The molecule has 4 rings (SSSR count). The lowest BCUT2D eigenvalue weighted by molar-refractivity contribution is -0.136. The maximum absolute atomic E-state index is 13.6. The molecule has 2 aliphatic heterocycles. The first-order valence-corrected chi connectivity index (χ1v) is 10.9. The third-order valence-corrected chi connectivity index (χ3v) is 6.16. The van der Waals surface area contributed by atoms with Crippen molar-refractivity contribution in [2.24, 2.45) is 5.73 Å². The number of carbonyl (C=O) groups excluding carboxylic acids is 2. The molecule has 8 heteroatoms. The standard InChI is InChI=1S/C23H29FN4O3/c1-14-11-27(12-15(2)31-14)13-21(29)28-7-5-16(6-8-28)22-19(23(25)30)10-17-9-18(24)3-4-20(17)26-22/h3-4,9-10,14-16H,5-8,11-13H2,1-2H3,(H2,25,30). The maximum atomic E-state index is 13.6. The molecule has 2 aromatic rings. The lowest BCUT2D eigenvalue weighted by Crippen LogP contribution is -2.50. The van der Waals surface area contributed by atoms with Gasteiger partial charge in [0.2, 0.25) is 5.91 Å². The van der Waals surface area contributed by atoms with Gasteiger partial charge in [0.05, 0.1) is 35.5 Å². The molecule has 2 saturated heterocycles. The molecule has 1 aromatic heterocycles. The number of hydrogen-bond donors (Lipinski definition) is 1. The summed E-state index contributed by atoms with van der Waals surface area (Å²) in [4.78, 5) is 33.6. The van der Waals surface area contributed by atoms with E-state index >= 15 is 0 Å². The van der Waals surface area contributed by atoms with E-state index in [2.05, 4.69) is 9.88 Å². The van der Waals surface area contributed by atoms with Gasteiger partial charge in [-0.1, -0.05) is 0 Å². The van der Waals surface area contributed by atoms with Gasteiger partial charge in [-0.25, -0.2) is 4.39 Å². The van der Waals surface area contributed by atoms with Crippen LogP contribution in [0.25, 0.3) is 10.9 Å². The number of pyridine rings is 1. The van der Waals surface area contributed by atoms with Gasteiger partial charge in [-0.2, -0.15) is 0 Å². The smallest absolute Gasteiger partial charge is 0.250 e. The van der Waals surface area contributed by atoms with Crippen molar-refractivity contribution in [3.63, 3.8) is 0 Å². The Balaban J connectivity index is 1.44. The molecular formula is C23H29FN4O3. The number of aromatic nitrogens is 1. The third kappa shape index (κ3) is 4.85. The van der Waals surface area contributed by atoms with E-state index in [1.54, 1.807) is 12.1 Å². The molecule has 7 nitrogen and oxygen atoms in total. The highest BCUT2D eigenvalue weighted by Crippen LogP contribution is 2.31. The minimum Gasteiger partial charge on any atom is -0.373 e. The van der Waals surface area contributed by atoms with Gasteiger partial charge >= 0.3 is 0 Å². The SMILES string of the molecule is CC1CN(CC(=O)N2CCC(c3nc4ccc(F)cc4cc3C(N)=O)CC2)CC(C)O1. The van der Waals surface area contributed by atoms with Crippen molar-refractivity contribution in [2.45, 2.75) is 44.8 Å². The van der Waals surface area contributed by atoms with E-state index < -0.39 is 5.91 Å². The summed E-state index contributed by atoms with van der Waals surface area (Å²) in [6.07, 6.45) is 1.67. The van der Waals surface area contributed by atoms with E-state index in [4.69, 9.17) is 10.5 Å². The van der Waals surface area contributed by atoms with Crippen LogP contribution in [0.2, 0.25) is 0 Å². The number of nitrogens with zero attached hydrogens (tertiary/aromatic N) is 3. The summed E-state index contributed by atoms with van der Waals surface area (Å²) < 4.78 is 19.3. The van der Waals surface area contributed by atoms with Crippen molar-refractivity contribution in [1.82, 2.24) is 14.8 Å². The molecule has 0 radical (unpaired) electrons. The van der Waals surface area contributed by atoms with E-state index in [1.807, 2.05) is 18.7 Å². The zero-order valence-electron chi connectivity index (χ0n) is 18.0. The van der Waals surface area contributed by atoms with Crippen LogP contribution in [0.5, 0.6) is 0 Å². The maximum Gasteiger partial charge on any atom is 0.250 e. The van der Waals surface area contributed by atoms with Crippen LogP contribution in [0.4, 0.5) is 4.39 Å². The Labute approximate surface area is 181 Å². The molecule has 0 bridgehead atoms. The van der Waals surface area contributed by atoms with Gasteiger partial charge < -0.3 is 15.4 Å². The van der Waals surface area contributed by atoms with Gasteiger partial charge in [0, 0.05) is 37.5 Å². The summed E-state index contributed by atoms with van der Waals surface area (Å²) in [5.41, 5.74) is 7.21. The first-order chi connectivity index (χ1) is 14.8. The topological polar surface area (TPSA) is 88.8 Å². The average Bonchev–Trinajstić information content (AvgIpc) is 2.72. The van der Waals surface area contributed by atoms with Gasteiger partial charge in [0.15, 0.2) is 0 Å². The first kappa shape index (κ1) is 21.6. The number of primary amides is 1. The molecular weight excluding hydrogens is 399 g/mol. The Hall–Kier alpha value is -2.58. The van der Waals surface area contributed by atoms with Crippen molar-refractivity contribution in [3.8, 4) is 0 Å². The van der Waals surface area contributed by atoms with Crippen molar-refractivity contribution in [1.29, 1.82) is 0 Å². The number of nitrogens with two attached hydrogens (primary N) is 1. The molecule has 2 N–H and O–H groups in total. The van der Waals surface area contributed by atoms with Crippen LogP contribution < -0.4 is 5.73 Å². The number of carbonyl (C=O) groups is 2. The summed E-state index contributed by atoms with van der Waals surface area (Å²) in [6.45, 7) is 7.20. The van der Waals surface area contributed by atoms with Gasteiger partial charge in [0.25, 0.3) is 5.91 Å². The highest BCUT2D eigenvalue weighted by molar-refractivity contribution is 5.97. The number of rotatable bonds is 4. The molecule has 0 aliphatic carbocycles. The molecule has 0 spiro atoms. The fourth-order valence-corrected chi connectivity index (χ4v) is 4.78. The molecule has 1 aromatic carbocycles. The van der Waals surface area contributed by atoms with Gasteiger partial charge in [-0.05, 0) is 51.0 Å². The number of ether oxygens (including phenoxy) is 1. The van der Waals surface area contributed by atoms with Gasteiger partial charge in [-0.3, -0.25) is 19.5 Å². The fraction of sp³-hybridized carbons (Fsp3) is 0.522. The van der Waals surface area contributed by atoms with E-state index in [9.17, 15) is 14.0 Å². The monoisotopic (exact) mass is 428 g/mol. The highest BCUT2D eigenvalue weighted by atomic mass is 19.1. The van der Waals surface area contributed by atoms with Crippen LogP contribution in [0.3, 0.4) is 0 Å². The molecule has 2 atom stereocenters. The van der Waals surface area contributed by atoms with Gasteiger partial charge in [-0.15, -0.1) is 0 Å². The summed E-state index contributed by atoms with van der Waals surface area (Å²) in [5.74, 6) is -0.794. The number of fused-ring (bicyclic) bond motifs is 1. The molecule has 2 amide bonds. The Morgan fingerprint density at radius 1 is 1.16 bits per heavy atom. The Morgan fingerprint density at radius 2 is 1.84 bits per heavy atom. The number of amides is 2. The Kier molecular flexibility index (Phi) is 6.20. The molecule has 2 aliphatic rings. The molecule has 0 saturated carbocycles. The lowest BCUT2D eigenvalue weighted by Gasteiger charge is -2.37. The number of morpholine rings is 1. The second kappa shape index (κ2) is 8.88. The van der Waals surface area contributed by atoms with Crippen LogP contribution in [0.1, 0.15) is 48.7 Å². The van der Waals surface area contributed by atoms with Gasteiger partial charge in [0.1, 0.15) is 5.82 Å². The van der Waals surface area contributed by atoms with Crippen LogP contribution in [-0.2, 0) is 9.53 Å². The zero-order valence-corrected chi connectivity index (χ0v) is 18.0. The lowest BCUT2D eigenvalue weighted by atomic mass is 9.89. The van der Waals surface area contributed by atoms with E-state index in [0.29, 0.717) is 54.6 Å². The van der Waals surface area contributed by atoms with Crippen LogP contribution in [0.15, 0.2) is 24.3 Å². The molecule has 31 heavy (non-hydrogen) atoms. The molecule has 2 unspecified atom stereocenters. The summed E-state index contributed by atoms with van der Waals surface area (Å²) >= 11 is 0. The van der Waals surface area contributed by atoms with E-state index in [-0.39, 0.29) is 29.9 Å². The zero-order chi connectivity index (χ0) is 22.1. The van der Waals surface area contributed by atoms with Crippen LogP contribution >= 0.6 is 0 Å². The second-order valence-corrected chi connectivity index (χ2v) is 8.73. The largest absolute Gasteiger partial charge is 0.373 e. The molecule has 166 valence electrons. The first-order valence-electron chi connectivity index (χ1n) is 10.9. The third-order valence-electron chi connectivity index (χ3n) is 6.16. The number of hydrogen-bond acceptors (Lipinski definition) is 5. The number of likely N-dealkylation sites (tertiary alicyclic amines) is 1. The van der Waals surface area contributed by atoms with E-state index in [0.717, 1.165) is 13.1 Å².